The third kappa shape index (κ3) is 5.69. The molecule has 0 aliphatic heterocycles. The lowest BCUT2D eigenvalue weighted by molar-refractivity contribution is -0.00211. The van der Waals surface area contributed by atoms with E-state index in [9.17, 15) is 0 Å². The summed E-state index contributed by atoms with van der Waals surface area (Å²) in [6.07, 6.45) is 4.00. The van der Waals surface area contributed by atoms with Crippen molar-refractivity contribution in [3.63, 3.8) is 0 Å². The Balaban J connectivity index is 2.04. The first kappa shape index (κ1) is 16.8. The third-order valence-electron chi connectivity index (χ3n) is 3.41. The summed E-state index contributed by atoms with van der Waals surface area (Å²) in [5.74, 6) is 1.73. The van der Waals surface area contributed by atoms with Gasteiger partial charge in [-0.05, 0) is 68.2 Å². The van der Waals surface area contributed by atoms with E-state index in [4.69, 9.17) is 9.47 Å². The maximum Gasteiger partial charge on any atom is 0.241 e. The lowest BCUT2D eigenvalue weighted by atomic mass is 10.2. The summed E-state index contributed by atoms with van der Waals surface area (Å²) in [4.78, 5) is 0. The van der Waals surface area contributed by atoms with E-state index >= 15 is 0 Å². The van der Waals surface area contributed by atoms with Crippen LogP contribution >= 0.6 is 9.24 Å². The molecule has 1 unspecified atom stereocenters. The highest BCUT2D eigenvalue weighted by Gasteiger charge is 2.12. The molecule has 0 amide bonds. The van der Waals surface area contributed by atoms with Gasteiger partial charge in [0.05, 0.1) is 0 Å². The van der Waals surface area contributed by atoms with Crippen molar-refractivity contribution >= 4 is 9.24 Å². The fraction of sp³-hybridized carbons (Fsp3) is 0.368. The molecule has 0 fully saturated rings. The van der Waals surface area contributed by atoms with Crippen LogP contribution in [0.2, 0.25) is 0 Å². The van der Waals surface area contributed by atoms with E-state index < -0.39 is 0 Å². The van der Waals surface area contributed by atoms with Crippen LogP contribution < -0.4 is 9.47 Å². The average Bonchev–Trinajstić information content (AvgIpc) is 2.47. The van der Waals surface area contributed by atoms with Crippen molar-refractivity contribution in [3.05, 3.63) is 59.7 Å². The van der Waals surface area contributed by atoms with E-state index in [1.54, 1.807) is 0 Å². The maximum absolute atomic E-state index is 6.06. The highest BCUT2D eigenvalue weighted by Crippen LogP contribution is 2.21. The fourth-order valence-electron chi connectivity index (χ4n) is 2.28. The summed E-state index contributed by atoms with van der Waals surface area (Å²) in [6.45, 7) is 4.13. The molecule has 2 nitrogen and oxygen atoms in total. The van der Waals surface area contributed by atoms with Crippen molar-refractivity contribution in [2.75, 3.05) is 6.16 Å². The molecular weight excluding hydrogens is 291 g/mol. The molecule has 0 aliphatic rings. The molecule has 0 saturated heterocycles. The van der Waals surface area contributed by atoms with E-state index in [-0.39, 0.29) is 6.29 Å². The first-order chi connectivity index (χ1) is 10.7. The summed E-state index contributed by atoms with van der Waals surface area (Å²) >= 11 is 0. The van der Waals surface area contributed by atoms with Crippen molar-refractivity contribution in [3.8, 4) is 11.5 Å². The van der Waals surface area contributed by atoms with Gasteiger partial charge in [0.25, 0.3) is 0 Å². The van der Waals surface area contributed by atoms with Gasteiger partial charge >= 0.3 is 0 Å². The van der Waals surface area contributed by atoms with Crippen molar-refractivity contribution < 1.29 is 9.47 Å². The van der Waals surface area contributed by atoms with Crippen LogP contribution in [0.3, 0.4) is 0 Å². The minimum atomic E-state index is -0.250. The Morgan fingerprint density at radius 1 is 0.864 bits per heavy atom. The molecule has 2 rings (SSSR count). The normalized spacial score (nSPS) is 10.7. The van der Waals surface area contributed by atoms with Gasteiger partial charge in [0.15, 0.2) is 0 Å². The monoisotopic (exact) mass is 316 g/mol. The van der Waals surface area contributed by atoms with Crippen LogP contribution in [0.15, 0.2) is 48.5 Å². The molecule has 2 aromatic rings. The molecule has 2 aromatic carbocycles. The van der Waals surface area contributed by atoms with E-state index in [0.717, 1.165) is 36.9 Å². The van der Waals surface area contributed by atoms with Crippen LogP contribution in [0.4, 0.5) is 0 Å². The molecule has 3 heteroatoms. The molecule has 118 valence electrons. The third-order valence-corrected chi connectivity index (χ3v) is 3.82. The quantitative estimate of drug-likeness (QED) is 0.382. The Morgan fingerprint density at radius 2 is 1.41 bits per heavy atom. The van der Waals surface area contributed by atoms with Gasteiger partial charge in [0.1, 0.15) is 11.5 Å². The summed E-state index contributed by atoms with van der Waals surface area (Å²) in [5, 5.41) is 0. The van der Waals surface area contributed by atoms with Crippen molar-refractivity contribution in [2.24, 2.45) is 0 Å². The number of rotatable bonds is 8. The van der Waals surface area contributed by atoms with E-state index in [2.05, 4.69) is 35.2 Å². The largest absolute Gasteiger partial charge is 0.455 e. The summed E-state index contributed by atoms with van der Waals surface area (Å²) < 4.78 is 12.1. The zero-order chi connectivity index (χ0) is 15.8. The lowest BCUT2D eigenvalue weighted by Gasteiger charge is -2.21. The Hall–Kier alpha value is -1.53. The van der Waals surface area contributed by atoms with Crippen LogP contribution in [0.1, 0.15) is 30.4 Å². The minimum absolute atomic E-state index is 0.250. The lowest BCUT2D eigenvalue weighted by Crippen LogP contribution is -2.24. The summed E-state index contributed by atoms with van der Waals surface area (Å²) in [7, 11) is 2.77. The van der Waals surface area contributed by atoms with E-state index in [0.29, 0.717) is 0 Å². The van der Waals surface area contributed by atoms with Crippen molar-refractivity contribution in [1.29, 1.82) is 0 Å². The number of benzene rings is 2. The van der Waals surface area contributed by atoms with Crippen LogP contribution in [0.5, 0.6) is 11.5 Å². The highest BCUT2D eigenvalue weighted by atomic mass is 31.0. The van der Waals surface area contributed by atoms with Gasteiger partial charge < -0.3 is 9.47 Å². The van der Waals surface area contributed by atoms with Crippen molar-refractivity contribution in [2.45, 2.75) is 39.4 Å². The van der Waals surface area contributed by atoms with Gasteiger partial charge in [-0.1, -0.05) is 24.3 Å². The maximum atomic E-state index is 6.06. The molecule has 0 radical (unpaired) electrons. The smallest absolute Gasteiger partial charge is 0.241 e. The number of hydrogen-bond donors (Lipinski definition) is 0. The second kappa shape index (κ2) is 8.80. The molecule has 0 N–H and O–H groups in total. The highest BCUT2D eigenvalue weighted by molar-refractivity contribution is 7.16. The Morgan fingerprint density at radius 3 is 1.86 bits per heavy atom. The summed E-state index contributed by atoms with van der Waals surface area (Å²) in [6, 6.07) is 16.2. The minimum Gasteiger partial charge on any atom is -0.455 e. The summed E-state index contributed by atoms with van der Waals surface area (Å²) in [5.41, 5.74) is 2.38. The molecular formula is C19H25O2P. The van der Waals surface area contributed by atoms with Gasteiger partial charge in [0.2, 0.25) is 6.29 Å². The molecule has 0 heterocycles. The predicted molar refractivity (Wildman–Crippen MR) is 95.8 cm³/mol. The zero-order valence-electron chi connectivity index (χ0n) is 13.4. The Labute approximate surface area is 136 Å². The van der Waals surface area contributed by atoms with Gasteiger partial charge in [-0.15, -0.1) is 9.24 Å². The van der Waals surface area contributed by atoms with E-state index in [1.165, 1.54) is 11.1 Å². The van der Waals surface area contributed by atoms with Gasteiger partial charge in [-0.25, -0.2) is 0 Å². The number of ether oxygens (including phenoxy) is 2. The second-order valence-corrected chi connectivity index (χ2v) is 6.16. The molecule has 0 saturated carbocycles. The van der Waals surface area contributed by atoms with Crippen molar-refractivity contribution in [1.82, 2.24) is 0 Å². The molecule has 22 heavy (non-hydrogen) atoms. The second-order valence-electron chi connectivity index (χ2n) is 5.58. The first-order valence-corrected chi connectivity index (χ1v) is 8.66. The van der Waals surface area contributed by atoms with Crippen LogP contribution in [-0.2, 0) is 0 Å². The Kier molecular flexibility index (Phi) is 6.74. The molecule has 1 atom stereocenters. The van der Waals surface area contributed by atoms with Gasteiger partial charge in [0, 0.05) is 6.42 Å². The first-order valence-electron chi connectivity index (χ1n) is 7.84. The predicted octanol–water partition coefficient (Wildman–Crippen LogP) is 5.13. The average molecular weight is 316 g/mol. The Bertz CT molecular complexity index is 536. The molecule has 0 bridgehead atoms. The number of unbranched alkanes of at least 4 members (excludes halogenated alkanes) is 1. The van der Waals surface area contributed by atoms with Crippen LogP contribution in [-0.4, -0.2) is 12.5 Å². The van der Waals surface area contributed by atoms with Crippen LogP contribution in [0.25, 0.3) is 0 Å². The number of hydrogen-bond acceptors (Lipinski definition) is 2. The molecule has 0 aromatic heterocycles. The zero-order valence-corrected chi connectivity index (χ0v) is 14.6. The molecule has 0 spiro atoms. The van der Waals surface area contributed by atoms with Gasteiger partial charge in [-0.3, -0.25) is 0 Å². The number of aryl methyl sites for hydroxylation is 2. The molecule has 0 aliphatic carbocycles. The SMILES string of the molecule is Cc1cccc(OC(CCCCP)Oc2cccc(C)c2)c1. The standard InChI is InChI=1S/C19H25O2P/c1-15-7-5-9-17(13-15)20-19(11-3-4-12-22)21-18-10-6-8-16(2)14-18/h5-10,13-14,19H,3-4,11-12,22H2,1-2H3. The fourth-order valence-corrected chi connectivity index (χ4v) is 2.57. The topological polar surface area (TPSA) is 18.5 Å². The van der Waals surface area contributed by atoms with Crippen LogP contribution in [0, 0.1) is 13.8 Å². The van der Waals surface area contributed by atoms with Gasteiger partial charge in [-0.2, -0.15) is 0 Å². The van der Waals surface area contributed by atoms with E-state index in [1.807, 2.05) is 36.4 Å².